The Morgan fingerprint density at radius 2 is 1.76 bits per heavy atom. The number of thioether (sulfide) groups is 1. The maximum atomic E-state index is 11.9. The highest BCUT2D eigenvalue weighted by Gasteiger charge is 2.49. The van der Waals surface area contributed by atoms with E-state index in [-0.39, 0.29) is 17.6 Å². The van der Waals surface area contributed by atoms with Gasteiger partial charge in [0, 0.05) is 12.8 Å². The molecule has 158 valence electrons. The van der Waals surface area contributed by atoms with Crippen molar-refractivity contribution >= 4 is 33.5 Å². The highest BCUT2D eigenvalue weighted by Crippen LogP contribution is 2.34. The number of carbonyl (C=O) groups excluding carboxylic acids is 1. The number of β-lactam (4-membered cyclic amide) rings is 1. The van der Waals surface area contributed by atoms with Crippen molar-refractivity contribution in [2.45, 2.75) is 16.7 Å². The molecular weight excluding hydrogens is 416 g/mol. The van der Waals surface area contributed by atoms with Gasteiger partial charge in [-0.05, 0) is 49.6 Å². The Balaban J connectivity index is 0.000000234. The molecule has 1 atom stereocenters. The molecule has 1 saturated heterocycles. The van der Waals surface area contributed by atoms with Gasteiger partial charge in [-0.25, -0.2) is 0 Å². The zero-order valence-electron chi connectivity index (χ0n) is 16.4. The van der Waals surface area contributed by atoms with Gasteiger partial charge in [0.05, 0.1) is 11.4 Å². The Morgan fingerprint density at radius 1 is 1.17 bits per heavy atom. The molecule has 10 heteroatoms. The molecule has 1 aliphatic rings. The second-order valence-electron chi connectivity index (χ2n) is 6.32. The van der Waals surface area contributed by atoms with E-state index in [1.54, 1.807) is 36.3 Å². The molecule has 2 aromatic carbocycles. The van der Waals surface area contributed by atoms with Crippen LogP contribution in [-0.2, 0) is 19.6 Å². The van der Waals surface area contributed by atoms with Crippen LogP contribution in [0.5, 0.6) is 5.75 Å². The van der Waals surface area contributed by atoms with E-state index in [0.717, 1.165) is 11.3 Å². The van der Waals surface area contributed by atoms with Crippen molar-refractivity contribution < 1.29 is 27.2 Å². The number of hydrogen-bond donors (Lipinski definition) is 2. The number of anilines is 1. The number of amides is 1. The standard InChI is InChI=1S/C12H16N2O3S.C7H8O3S/c1-16-8-17-10-5-3-9(4-6-10)14-7-12(13,18-2)11(14)15;1-6-2-4-7(5-3-6)11(8,9)10/h3-6H,7-8,13H2,1-2H3;2-5H,1H3,(H,8,9,10). The maximum absolute atomic E-state index is 11.9. The molecule has 3 N–H and O–H groups in total. The first kappa shape index (κ1) is 23.2. The lowest BCUT2D eigenvalue weighted by Gasteiger charge is -2.45. The summed E-state index contributed by atoms with van der Waals surface area (Å²) in [5.74, 6) is 0.651. The predicted molar refractivity (Wildman–Crippen MR) is 113 cm³/mol. The predicted octanol–water partition coefficient (Wildman–Crippen LogP) is 2.28. The summed E-state index contributed by atoms with van der Waals surface area (Å²) in [6.07, 6.45) is 1.84. The van der Waals surface area contributed by atoms with Gasteiger partial charge in [-0.2, -0.15) is 8.42 Å². The minimum absolute atomic E-state index is 0.0550. The number of aryl methyl sites for hydroxylation is 1. The summed E-state index contributed by atoms with van der Waals surface area (Å²) in [5, 5.41) is 0. The SMILES string of the molecule is COCOc1ccc(N2CC(N)(SC)C2=O)cc1.Cc1ccc(S(=O)(=O)O)cc1. The van der Waals surface area contributed by atoms with Crippen LogP contribution in [0.1, 0.15) is 5.56 Å². The molecule has 1 heterocycles. The van der Waals surface area contributed by atoms with Crippen LogP contribution in [-0.4, -0.2) is 50.5 Å². The first-order valence-electron chi connectivity index (χ1n) is 8.52. The highest BCUT2D eigenvalue weighted by molar-refractivity contribution is 8.00. The topological polar surface area (TPSA) is 119 Å². The van der Waals surface area contributed by atoms with E-state index in [1.165, 1.54) is 23.9 Å². The molecule has 3 rings (SSSR count). The lowest BCUT2D eigenvalue weighted by molar-refractivity contribution is -0.125. The van der Waals surface area contributed by atoms with E-state index in [2.05, 4.69) is 0 Å². The molecule has 0 spiro atoms. The van der Waals surface area contributed by atoms with Crippen LogP contribution >= 0.6 is 11.8 Å². The largest absolute Gasteiger partial charge is 0.468 e. The molecule has 8 nitrogen and oxygen atoms in total. The van der Waals surface area contributed by atoms with Crippen molar-refractivity contribution in [2.75, 3.05) is 31.6 Å². The van der Waals surface area contributed by atoms with Crippen molar-refractivity contribution in [1.82, 2.24) is 0 Å². The molecule has 29 heavy (non-hydrogen) atoms. The average Bonchev–Trinajstić information content (AvgIpc) is 2.70. The Kier molecular flexibility index (Phi) is 7.66. The summed E-state index contributed by atoms with van der Waals surface area (Å²) in [5.41, 5.74) is 7.69. The van der Waals surface area contributed by atoms with E-state index in [4.69, 9.17) is 19.8 Å². The van der Waals surface area contributed by atoms with Gasteiger partial charge >= 0.3 is 0 Å². The fourth-order valence-corrected chi connectivity index (χ4v) is 3.45. The van der Waals surface area contributed by atoms with Crippen LogP contribution in [0, 0.1) is 6.92 Å². The van der Waals surface area contributed by atoms with Crippen LogP contribution < -0.4 is 15.4 Å². The minimum atomic E-state index is -4.02. The quantitative estimate of drug-likeness (QED) is 0.399. The normalized spacial score (nSPS) is 18.5. The van der Waals surface area contributed by atoms with E-state index < -0.39 is 15.0 Å². The van der Waals surface area contributed by atoms with Gasteiger partial charge in [0.25, 0.3) is 16.0 Å². The third-order valence-corrected chi connectivity index (χ3v) is 6.08. The second-order valence-corrected chi connectivity index (χ2v) is 8.88. The summed E-state index contributed by atoms with van der Waals surface area (Å²) < 4.78 is 39.6. The molecule has 1 fully saturated rings. The molecule has 2 aromatic rings. The van der Waals surface area contributed by atoms with Crippen molar-refractivity contribution in [3.8, 4) is 5.75 Å². The Morgan fingerprint density at radius 3 is 2.21 bits per heavy atom. The fourth-order valence-electron chi connectivity index (χ4n) is 2.43. The number of methoxy groups -OCH3 is 1. The molecule has 0 radical (unpaired) electrons. The number of rotatable bonds is 6. The molecular formula is C19H24N2O6S2. The second kappa shape index (κ2) is 9.59. The van der Waals surface area contributed by atoms with Crippen molar-refractivity contribution in [2.24, 2.45) is 5.73 Å². The lowest BCUT2D eigenvalue weighted by Crippen LogP contribution is -2.70. The van der Waals surface area contributed by atoms with Gasteiger partial charge in [-0.1, -0.05) is 17.7 Å². The van der Waals surface area contributed by atoms with E-state index >= 15 is 0 Å². The zero-order chi connectivity index (χ0) is 21.7. The maximum Gasteiger partial charge on any atom is 0.294 e. The number of nitrogens with two attached hydrogens (primary N) is 1. The monoisotopic (exact) mass is 440 g/mol. The fraction of sp³-hybridized carbons (Fsp3) is 0.316. The van der Waals surface area contributed by atoms with Crippen LogP contribution in [0.2, 0.25) is 0 Å². The number of benzene rings is 2. The van der Waals surface area contributed by atoms with Gasteiger partial charge in [0.1, 0.15) is 5.75 Å². The van der Waals surface area contributed by atoms with Gasteiger partial charge in [-0.3, -0.25) is 9.35 Å². The van der Waals surface area contributed by atoms with Crippen molar-refractivity contribution in [3.63, 3.8) is 0 Å². The number of carbonyl (C=O) groups is 1. The zero-order valence-corrected chi connectivity index (χ0v) is 18.0. The lowest BCUT2D eigenvalue weighted by atomic mass is 10.1. The molecule has 1 amide bonds. The number of nitrogens with zero attached hydrogens (tertiary/aromatic N) is 1. The molecule has 0 bridgehead atoms. The molecule has 1 aliphatic heterocycles. The van der Waals surface area contributed by atoms with Crippen LogP contribution in [0.25, 0.3) is 0 Å². The van der Waals surface area contributed by atoms with Crippen molar-refractivity contribution in [3.05, 3.63) is 54.1 Å². The number of ether oxygens (including phenoxy) is 2. The first-order chi connectivity index (χ1) is 13.6. The van der Waals surface area contributed by atoms with Crippen LogP contribution in [0.4, 0.5) is 5.69 Å². The summed E-state index contributed by atoms with van der Waals surface area (Å²) in [4.78, 5) is 12.7. The van der Waals surface area contributed by atoms with Crippen molar-refractivity contribution in [1.29, 1.82) is 0 Å². The van der Waals surface area contributed by atoms with E-state index in [1.807, 2.05) is 25.3 Å². The summed E-state index contributed by atoms with van der Waals surface area (Å²) >= 11 is 1.38. The molecule has 0 aromatic heterocycles. The Bertz CT molecular complexity index is 932. The smallest absolute Gasteiger partial charge is 0.294 e. The number of hydrogen-bond acceptors (Lipinski definition) is 7. The van der Waals surface area contributed by atoms with Crippen LogP contribution in [0.15, 0.2) is 53.4 Å². The summed E-state index contributed by atoms with van der Waals surface area (Å²) in [6, 6.07) is 13.3. The van der Waals surface area contributed by atoms with E-state index in [0.29, 0.717) is 12.3 Å². The van der Waals surface area contributed by atoms with E-state index in [9.17, 15) is 13.2 Å². The highest BCUT2D eigenvalue weighted by atomic mass is 32.2. The molecule has 0 saturated carbocycles. The molecule has 0 aliphatic carbocycles. The summed E-state index contributed by atoms with van der Waals surface area (Å²) in [7, 11) is -2.45. The van der Waals surface area contributed by atoms with Gasteiger partial charge in [0.15, 0.2) is 11.7 Å². The average molecular weight is 441 g/mol. The third kappa shape index (κ3) is 5.94. The third-order valence-electron chi connectivity index (χ3n) is 4.18. The Labute approximate surface area is 174 Å². The van der Waals surface area contributed by atoms with Gasteiger partial charge < -0.3 is 20.1 Å². The van der Waals surface area contributed by atoms with Gasteiger partial charge in [-0.15, -0.1) is 11.8 Å². The Hall–Kier alpha value is -2.11. The molecule has 1 unspecified atom stereocenters. The van der Waals surface area contributed by atoms with Crippen LogP contribution in [0.3, 0.4) is 0 Å². The van der Waals surface area contributed by atoms with Gasteiger partial charge in [0.2, 0.25) is 0 Å². The first-order valence-corrected chi connectivity index (χ1v) is 11.2. The minimum Gasteiger partial charge on any atom is -0.468 e. The summed E-state index contributed by atoms with van der Waals surface area (Å²) in [6.45, 7) is 2.58.